The third kappa shape index (κ3) is 4.97. The van der Waals surface area contributed by atoms with Crippen molar-refractivity contribution in [3.8, 4) is 5.69 Å². The molecule has 2 aromatic carbocycles. The van der Waals surface area contributed by atoms with Crippen molar-refractivity contribution in [2.24, 2.45) is 0 Å². The minimum Gasteiger partial charge on any atom is -0.348 e. The molecule has 1 saturated heterocycles. The average Bonchev–Trinajstić information content (AvgIpc) is 3.30. The molecule has 0 spiro atoms. The topological polar surface area (TPSA) is 97.2 Å². The number of hydrogen-bond acceptors (Lipinski definition) is 5. The van der Waals surface area contributed by atoms with Crippen molar-refractivity contribution < 1.29 is 26.4 Å². The molecule has 180 valence electrons. The Labute approximate surface area is 194 Å². The highest BCUT2D eigenvalue weighted by Crippen LogP contribution is 2.33. The van der Waals surface area contributed by atoms with Crippen LogP contribution in [-0.2, 0) is 16.2 Å². The van der Waals surface area contributed by atoms with Crippen molar-refractivity contribution in [3.05, 3.63) is 71.5 Å². The molecule has 0 radical (unpaired) electrons. The number of carbonyl (C=O) groups is 1. The zero-order valence-corrected chi connectivity index (χ0v) is 19.0. The maximum absolute atomic E-state index is 13.3. The van der Waals surface area contributed by atoms with Gasteiger partial charge in [-0.15, -0.1) is 5.10 Å². The molecule has 1 fully saturated rings. The van der Waals surface area contributed by atoms with Crippen LogP contribution in [0.25, 0.3) is 5.69 Å². The highest BCUT2D eigenvalue weighted by Gasteiger charge is 2.34. The van der Waals surface area contributed by atoms with Gasteiger partial charge in [-0.2, -0.15) is 17.5 Å². The zero-order valence-electron chi connectivity index (χ0n) is 18.2. The van der Waals surface area contributed by atoms with E-state index in [1.807, 2.05) is 6.92 Å². The van der Waals surface area contributed by atoms with E-state index in [9.17, 15) is 26.4 Å². The summed E-state index contributed by atoms with van der Waals surface area (Å²) in [4.78, 5) is 12.8. The summed E-state index contributed by atoms with van der Waals surface area (Å²) in [5, 5.41) is 10.2. The first-order valence-corrected chi connectivity index (χ1v) is 12.0. The molecular formula is C22H22F3N5O3S. The molecule has 0 bridgehead atoms. The number of carbonyl (C=O) groups excluding carboxylic acids is 1. The molecule has 1 amide bonds. The lowest BCUT2D eigenvalue weighted by Crippen LogP contribution is -2.46. The summed E-state index contributed by atoms with van der Waals surface area (Å²) in [6, 6.07) is 11.2. The van der Waals surface area contributed by atoms with Crippen molar-refractivity contribution >= 4 is 15.9 Å². The molecule has 0 aliphatic carbocycles. The van der Waals surface area contributed by atoms with Gasteiger partial charge in [0.15, 0.2) is 5.69 Å². The van der Waals surface area contributed by atoms with Crippen LogP contribution in [0.4, 0.5) is 13.2 Å². The van der Waals surface area contributed by atoms with Gasteiger partial charge in [0.25, 0.3) is 5.91 Å². The van der Waals surface area contributed by atoms with E-state index in [1.165, 1.54) is 22.5 Å². The second kappa shape index (κ2) is 9.18. The summed E-state index contributed by atoms with van der Waals surface area (Å²) in [5.41, 5.74) is -0.309. The van der Waals surface area contributed by atoms with Gasteiger partial charge in [-0.1, -0.05) is 35.0 Å². The Morgan fingerprint density at radius 1 is 1.06 bits per heavy atom. The molecule has 1 N–H and O–H groups in total. The van der Waals surface area contributed by atoms with E-state index in [4.69, 9.17) is 0 Å². The van der Waals surface area contributed by atoms with Crippen LogP contribution in [0, 0.1) is 6.92 Å². The number of nitrogens with zero attached hydrogens (tertiary/aromatic N) is 4. The SMILES string of the molecule is Cc1ccc(S(=O)(=O)N2CCC(NC(=O)c3cn(-c4ccccc4C(F)(F)F)nn3)CC2)cc1. The fraction of sp³-hybridized carbons (Fsp3) is 0.318. The van der Waals surface area contributed by atoms with Crippen molar-refractivity contribution in [1.82, 2.24) is 24.6 Å². The largest absolute Gasteiger partial charge is 0.418 e. The number of halogens is 3. The molecule has 0 atom stereocenters. The summed E-state index contributed by atoms with van der Waals surface area (Å²) in [6.45, 7) is 2.33. The van der Waals surface area contributed by atoms with E-state index < -0.39 is 27.7 Å². The van der Waals surface area contributed by atoms with Gasteiger partial charge in [0, 0.05) is 19.1 Å². The molecule has 8 nitrogen and oxygen atoms in total. The van der Waals surface area contributed by atoms with E-state index in [0.29, 0.717) is 12.8 Å². The Morgan fingerprint density at radius 3 is 2.35 bits per heavy atom. The maximum Gasteiger partial charge on any atom is 0.418 e. The summed E-state index contributed by atoms with van der Waals surface area (Å²) < 4.78 is 67.7. The zero-order chi connectivity index (χ0) is 24.5. The Morgan fingerprint density at radius 2 is 1.71 bits per heavy atom. The Hall–Kier alpha value is -3.25. The number of aromatic nitrogens is 3. The first-order valence-electron chi connectivity index (χ1n) is 10.5. The fourth-order valence-electron chi connectivity index (χ4n) is 3.76. The van der Waals surface area contributed by atoms with Crippen LogP contribution in [-0.4, -0.2) is 52.8 Å². The van der Waals surface area contributed by atoms with Crippen molar-refractivity contribution in [2.75, 3.05) is 13.1 Å². The van der Waals surface area contributed by atoms with Crippen LogP contribution in [0.5, 0.6) is 0 Å². The number of rotatable bonds is 5. The van der Waals surface area contributed by atoms with Gasteiger partial charge >= 0.3 is 6.18 Å². The van der Waals surface area contributed by atoms with Gasteiger partial charge in [-0.25, -0.2) is 13.1 Å². The normalized spacial score (nSPS) is 15.9. The van der Waals surface area contributed by atoms with Crippen molar-refractivity contribution in [1.29, 1.82) is 0 Å². The molecule has 12 heteroatoms. The summed E-state index contributed by atoms with van der Waals surface area (Å²) in [7, 11) is -3.62. The van der Waals surface area contributed by atoms with Crippen LogP contribution in [0.3, 0.4) is 0 Å². The first kappa shape index (κ1) is 23.9. The van der Waals surface area contributed by atoms with E-state index in [-0.39, 0.29) is 35.4 Å². The Bertz CT molecular complexity index is 1280. The van der Waals surface area contributed by atoms with Gasteiger partial charge < -0.3 is 5.32 Å². The minimum atomic E-state index is -4.59. The predicted octanol–water partition coefficient (Wildman–Crippen LogP) is 3.18. The second-order valence-corrected chi connectivity index (χ2v) is 9.97. The van der Waals surface area contributed by atoms with Crippen LogP contribution >= 0.6 is 0 Å². The van der Waals surface area contributed by atoms with E-state index in [2.05, 4.69) is 15.6 Å². The van der Waals surface area contributed by atoms with Gasteiger partial charge in [0.2, 0.25) is 10.0 Å². The van der Waals surface area contributed by atoms with E-state index >= 15 is 0 Å². The molecule has 4 rings (SSSR count). The molecule has 1 aromatic heterocycles. The number of nitrogens with one attached hydrogen (secondary N) is 1. The molecule has 0 unspecified atom stereocenters. The van der Waals surface area contributed by atoms with Crippen LogP contribution in [0.15, 0.2) is 59.6 Å². The summed E-state index contributed by atoms with van der Waals surface area (Å²) in [6.07, 6.45) is -2.67. The standard InChI is InChI=1S/C22H22F3N5O3S/c1-15-6-8-17(9-7-15)34(32,33)29-12-10-16(11-13-29)26-21(31)19-14-30(28-27-19)20-5-3-2-4-18(20)22(23,24)25/h2-9,14,16H,10-13H2,1H3,(H,26,31). The summed E-state index contributed by atoms with van der Waals surface area (Å²) >= 11 is 0. The molecule has 3 aromatic rings. The molecule has 0 saturated carbocycles. The summed E-state index contributed by atoms with van der Waals surface area (Å²) in [5.74, 6) is -0.587. The highest BCUT2D eigenvalue weighted by molar-refractivity contribution is 7.89. The number of hydrogen-bond donors (Lipinski definition) is 1. The number of sulfonamides is 1. The number of benzene rings is 2. The lowest BCUT2D eigenvalue weighted by molar-refractivity contribution is -0.137. The number of aryl methyl sites for hydroxylation is 1. The maximum atomic E-state index is 13.3. The van der Waals surface area contributed by atoms with Crippen LogP contribution in [0.2, 0.25) is 0 Å². The molecular weight excluding hydrogens is 471 g/mol. The third-order valence-electron chi connectivity index (χ3n) is 5.63. The lowest BCUT2D eigenvalue weighted by Gasteiger charge is -2.31. The average molecular weight is 494 g/mol. The Kier molecular flexibility index (Phi) is 6.45. The van der Waals surface area contributed by atoms with Crippen LogP contribution in [0.1, 0.15) is 34.5 Å². The fourth-order valence-corrected chi connectivity index (χ4v) is 5.23. The monoisotopic (exact) mass is 493 g/mol. The number of alkyl halides is 3. The second-order valence-electron chi connectivity index (χ2n) is 8.03. The number of amides is 1. The number of para-hydroxylation sites is 1. The lowest BCUT2D eigenvalue weighted by atomic mass is 10.1. The molecule has 2 heterocycles. The van der Waals surface area contributed by atoms with E-state index in [1.54, 1.807) is 24.3 Å². The third-order valence-corrected chi connectivity index (χ3v) is 7.54. The van der Waals surface area contributed by atoms with Crippen molar-refractivity contribution in [2.45, 2.75) is 36.9 Å². The van der Waals surface area contributed by atoms with Gasteiger partial charge in [-0.3, -0.25) is 4.79 Å². The van der Waals surface area contributed by atoms with Gasteiger partial charge in [0.1, 0.15) is 0 Å². The molecule has 34 heavy (non-hydrogen) atoms. The smallest absolute Gasteiger partial charge is 0.348 e. The highest BCUT2D eigenvalue weighted by atomic mass is 32.2. The predicted molar refractivity (Wildman–Crippen MR) is 117 cm³/mol. The first-order chi connectivity index (χ1) is 16.1. The van der Waals surface area contributed by atoms with Gasteiger partial charge in [0.05, 0.1) is 22.3 Å². The quantitative estimate of drug-likeness (QED) is 0.589. The van der Waals surface area contributed by atoms with Crippen LogP contribution < -0.4 is 5.32 Å². The van der Waals surface area contributed by atoms with Gasteiger partial charge in [-0.05, 0) is 44.0 Å². The van der Waals surface area contributed by atoms with Crippen molar-refractivity contribution in [3.63, 3.8) is 0 Å². The van der Waals surface area contributed by atoms with E-state index in [0.717, 1.165) is 22.5 Å². The molecule has 1 aliphatic heterocycles. The minimum absolute atomic E-state index is 0.133. The number of piperidine rings is 1. The Balaban J connectivity index is 1.39. The molecule has 1 aliphatic rings.